The molecule has 5 heteroatoms. The summed E-state index contributed by atoms with van der Waals surface area (Å²) in [5.41, 5.74) is 3.61. The summed E-state index contributed by atoms with van der Waals surface area (Å²) in [6, 6.07) is 9.13. The van der Waals surface area contributed by atoms with Gasteiger partial charge < -0.3 is 10.3 Å². The van der Waals surface area contributed by atoms with Gasteiger partial charge in [0.1, 0.15) is 5.82 Å². The zero-order valence-electron chi connectivity index (χ0n) is 13.3. The van der Waals surface area contributed by atoms with Crippen LogP contribution in [0.25, 0.3) is 10.9 Å². The molecule has 0 aliphatic carbocycles. The van der Waals surface area contributed by atoms with Gasteiger partial charge in [0.2, 0.25) is 0 Å². The largest absolute Gasteiger partial charge is 0.372 e. The lowest BCUT2D eigenvalue weighted by atomic mass is 10.1. The standard InChI is InChI=1S/C18H21N5/c1-19-18-11-20-10-16(22-18)17-3-2-8-23(17)12-13-4-5-14-6-7-21-15(14)9-13/h4-7,9-11,17,21H,2-3,8,12H2,1H3,(H,19,22). The van der Waals surface area contributed by atoms with Crippen LogP contribution in [0.4, 0.5) is 5.82 Å². The maximum absolute atomic E-state index is 4.69. The van der Waals surface area contributed by atoms with E-state index in [9.17, 15) is 0 Å². The summed E-state index contributed by atoms with van der Waals surface area (Å²) < 4.78 is 0. The van der Waals surface area contributed by atoms with E-state index in [0.717, 1.165) is 31.0 Å². The van der Waals surface area contributed by atoms with E-state index in [1.807, 2.05) is 19.4 Å². The maximum atomic E-state index is 4.69. The molecule has 1 unspecified atom stereocenters. The number of anilines is 1. The van der Waals surface area contributed by atoms with Crippen LogP contribution in [0.1, 0.15) is 30.1 Å². The quantitative estimate of drug-likeness (QED) is 0.776. The van der Waals surface area contributed by atoms with Crippen molar-refractivity contribution in [1.29, 1.82) is 0 Å². The summed E-state index contributed by atoms with van der Waals surface area (Å²) >= 11 is 0. The Labute approximate surface area is 135 Å². The van der Waals surface area contributed by atoms with Gasteiger partial charge in [-0.1, -0.05) is 12.1 Å². The normalized spacial score (nSPS) is 18.6. The van der Waals surface area contributed by atoms with E-state index in [4.69, 9.17) is 0 Å². The lowest BCUT2D eigenvalue weighted by Gasteiger charge is -2.24. The summed E-state index contributed by atoms with van der Waals surface area (Å²) in [6.07, 6.45) is 8.01. The van der Waals surface area contributed by atoms with Gasteiger partial charge in [0.15, 0.2) is 0 Å². The highest BCUT2D eigenvalue weighted by atomic mass is 15.2. The fraction of sp³-hybridized carbons (Fsp3) is 0.333. The van der Waals surface area contributed by atoms with Crippen molar-refractivity contribution in [2.24, 2.45) is 0 Å². The van der Waals surface area contributed by atoms with Crippen molar-refractivity contribution in [3.05, 3.63) is 54.1 Å². The average Bonchev–Trinajstić information content (AvgIpc) is 3.23. The first-order valence-corrected chi connectivity index (χ1v) is 8.13. The van der Waals surface area contributed by atoms with Crippen molar-refractivity contribution >= 4 is 16.7 Å². The zero-order valence-corrected chi connectivity index (χ0v) is 13.3. The molecule has 0 bridgehead atoms. The van der Waals surface area contributed by atoms with Crippen LogP contribution in [0.15, 0.2) is 42.9 Å². The van der Waals surface area contributed by atoms with Crippen LogP contribution < -0.4 is 5.32 Å². The predicted octanol–water partition coefficient (Wildman–Crippen LogP) is 3.34. The summed E-state index contributed by atoms with van der Waals surface area (Å²) in [4.78, 5) is 14.8. The van der Waals surface area contributed by atoms with E-state index >= 15 is 0 Å². The summed E-state index contributed by atoms with van der Waals surface area (Å²) in [6.45, 7) is 2.06. The average molecular weight is 307 g/mol. The van der Waals surface area contributed by atoms with Crippen molar-refractivity contribution in [2.45, 2.75) is 25.4 Å². The Kier molecular flexibility index (Phi) is 3.71. The topological polar surface area (TPSA) is 56.8 Å². The number of hydrogen-bond acceptors (Lipinski definition) is 4. The van der Waals surface area contributed by atoms with Crippen LogP contribution in [0, 0.1) is 0 Å². The third kappa shape index (κ3) is 2.80. The third-order valence-corrected chi connectivity index (χ3v) is 4.62. The highest BCUT2D eigenvalue weighted by Gasteiger charge is 2.27. The minimum absolute atomic E-state index is 0.357. The van der Waals surface area contributed by atoms with Crippen molar-refractivity contribution in [1.82, 2.24) is 19.9 Å². The van der Waals surface area contributed by atoms with Gasteiger partial charge in [-0.2, -0.15) is 0 Å². The van der Waals surface area contributed by atoms with E-state index in [1.165, 1.54) is 22.9 Å². The SMILES string of the molecule is CNc1cncc(C2CCCN2Cc2ccc3cc[nH]c3c2)n1. The molecule has 0 spiro atoms. The van der Waals surface area contributed by atoms with Gasteiger partial charge >= 0.3 is 0 Å². The second kappa shape index (κ2) is 6.01. The van der Waals surface area contributed by atoms with E-state index in [-0.39, 0.29) is 0 Å². The number of aromatic amines is 1. The van der Waals surface area contributed by atoms with Gasteiger partial charge in [-0.05, 0) is 42.5 Å². The molecular weight excluding hydrogens is 286 g/mol. The lowest BCUT2D eigenvalue weighted by Crippen LogP contribution is -2.23. The van der Waals surface area contributed by atoms with E-state index in [2.05, 4.69) is 49.4 Å². The molecule has 2 N–H and O–H groups in total. The molecule has 4 rings (SSSR count). The second-order valence-electron chi connectivity index (χ2n) is 6.11. The van der Waals surface area contributed by atoms with Crippen LogP contribution in [0.3, 0.4) is 0 Å². The Hall–Kier alpha value is -2.40. The van der Waals surface area contributed by atoms with Crippen molar-refractivity contribution in [2.75, 3.05) is 18.9 Å². The Bertz CT molecular complexity index is 810. The number of fused-ring (bicyclic) bond motifs is 1. The lowest BCUT2D eigenvalue weighted by molar-refractivity contribution is 0.244. The molecule has 23 heavy (non-hydrogen) atoms. The molecule has 3 aromatic rings. The molecule has 2 aromatic heterocycles. The molecule has 1 aliphatic heterocycles. The maximum Gasteiger partial charge on any atom is 0.144 e. The zero-order chi connectivity index (χ0) is 15.6. The van der Waals surface area contributed by atoms with Crippen LogP contribution in [-0.4, -0.2) is 33.4 Å². The number of nitrogens with zero attached hydrogens (tertiary/aromatic N) is 3. The number of hydrogen-bond donors (Lipinski definition) is 2. The first-order valence-electron chi connectivity index (χ1n) is 8.13. The van der Waals surface area contributed by atoms with E-state index in [1.54, 1.807) is 6.20 Å². The fourth-order valence-electron chi connectivity index (χ4n) is 3.44. The molecule has 1 atom stereocenters. The van der Waals surface area contributed by atoms with Gasteiger partial charge in [0.25, 0.3) is 0 Å². The summed E-state index contributed by atoms with van der Waals surface area (Å²) in [5, 5.41) is 4.34. The Balaban J connectivity index is 1.57. The number of H-pyrrole nitrogens is 1. The molecule has 118 valence electrons. The predicted molar refractivity (Wildman–Crippen MR) is 92.3 cm³/mol. The molecule has 5 nitrogen and oxygen atoms in total. The Morgan fingerprint density at radius 1 is 1.30 bits per heavy atom. The Morgan fingerprint density at radius 3 is 3.17 bits per heavy atom. The van der Waals surface area contributed by atoms with Gasteiger partial charge in [-0.15, -0.1) is 0 Å². The van der Waals surface area contributed by atoms with Gasteiger partial charge in [0.05, 0.1) is 24.1 Å². The van der Waals surface area contributed by atoms with E-state index < -0.39 is 0 Å². The minimum Gasteiger partial charge on any atom is -0.372 e. The number of rotatable bonds is 4. The van der Waals surface area contributed by atoms with Crippen molar-refractivity contribution < 1.29 is 0 Å². The molecular formula is C18H21N5. The van der Waals surface area contributed by atoms with Crippen molar-refractivity contribution in [3.63, 3.8) is 0 Å². The van der Waals surface area contributed by atoms with Crippen LogP contribution >= 0.6 is 0 Å². The molecule has 0 saturated carbocycles. The van der Waals surface area contributed by atoms with Gasteiger partial charge in [-0.25, -0.2) is 4.98 Å². The molecule has 1 saturated heterocycles. The number of benzene rings is 1. The second-order valence-corrected chi connectivity index (χ2v) is 6.11. The molecule has 1 aliphatic rings. The van der Waals surface area contributed by atoms with Gasteiger partial charge in [0, 0.05) is 25.3 Å². The first kappa shape index (κ1) is 14.2. The molecule has 1 aromatic carbocycles. The molecule has 0 radical (unpaired) electrons. The van der Waals surface area contributed by atoms with Crippen LogP contribution in [-0.2, 0) is 6.54 Å². The smallest absolute Gasteiger partial charge is 0.144 e. The fourth-order valence-corrected chi connectivity index (χ4v) is 3.44. The first-order chi connectivity index (χ1) is 11.3. The van der Waals surface area contributed by atoms with Crippen LogP contribution in [0.5, 0.6) is 0 Å². The number of aromatic nitrogens is 3. The monoisotopic (exact) mass is 307 g/mol. The number of likely N-dealkylation sites (tertiary alicyclic amines) is 1. The van der Waals surface area contributed by atoms with Crippen LogP contribution in [0.2, 0.25) is 0 Å². The van der Waals surface area contributed by atoms with Gasteiger partial charge in [-0.3, -0.25) is 9.88 Å². The highest BCUT2D eigenvalue weighted by Crippen LogP contribution is 2.32. The number of nitrogens with one attached hydrogen (secondary N) is 2. The summed E-state index contributed by atoms with van der Waals surface area (Å²) in [7, 11) is 1.88. The Morgan fingerprint density at radius 2 is 2.26 bits per heavy atom. The molecule has 1 fully saturated rings. The third-order valence-electron chi connectivity index (χ3n) is 4.62. The van der Waals surface area contributed by atoms with E-state index in [0.29, 0.717) is 6.04 Å². The molecule has 0 amide bonds. The van der Waals surface area contributed by atoms with Crippen molar-refractivity contribution in [3.8, 4) is 0 Å². The summed E-state index contributed by atoms with van der Waals surface area (Å²) in [5.74, 6) is 0.835. The molecule has 3 heterocycles. The highest BCUT2D eigenvalue weighted by molar-refractivity contribution is 5.79. The minimum atomic E-state index is 0.357.